The normalized spacial score (nSPS) is 13.7. The van der Waals surface area contributed by atoms with Crippen molar-refractivity contribution in [2.45, 2.75) is 38.6 Å². The minimum atomic E-state index is -0.225. The van der Waals surface area contributed by atoms with Gasteiger partial charge in [-0.2, -0.15) is 0 Å². The number of imide groups is 1. The van der Waals surface area contributed by atoms with E-state index in [1.54, 1.807) is 24.3 Å². The topological polar surface area (TPSA) is 66.5 Å². The molecule has 1 N–H and O–H groups in total. The van der Waals surface area contributed by atoms with Gasteiger partial charge in [0.25, 0.3) is 11.8 Å². The average Bonchev–Trinajstić information content (AvgIpc) is 3.08. The fourth-order valence-corrected chi connectivity index (χ4v) is 4.17. The summed E-state index contributed by atoms with van der Waals surface area (Å²) in [4.78, 5) is 38.9. The Labute approximate surface area is 194 Å². The van der Waals surface area contributed by atoms with E-state index in [2.05, 4.69) is 29.6 Å². The zero-order chi connectivity index (χ0) is 23.2. The molecule has 0 aliphatic carbocycles. The smallest absolute Gasteiger partial charge is 0.261 e. The summed E-state index contributed by atoms with van der Waals surface area (Å²) < 4.78 is 0. The summed E-state index contributed by atoms with van der Waals surface area (Å²) in [6.07, 6.45) is 2.54. The standard InChI is InChI=1S/C28H28N2O3/c1-20-15-17-22(18-16-20)26(21-10-4-2-5-11-21)29-25(31)14-6-3-9-19-30-27(32)23-12-7-8-13-24(23)28(30)33/h2,4-5,7-8,10-13,15-18,26H,3,6,9,14,19H2,1H3,(H,29,31). The van der Waals surface area contributed by atoms with Crippen molar-refractivity contribution in [1.82, 2.24) is 10.2 Å². The van der Waals surface area contributed by atoms with Gasteiger partial charge in [0.05, 0.1) is 17.2 Å². The van der Waals surface area contributed by atoms with Crippen molar-refractivity contribution in [2.75, 3.05) is 6.54 Å². The van der Waals surface area contributed by atoms with Gasteiger partial charge in [0.2, 0.25) is 5.91 Å². The highest BCUT2D eigenvalue weighted by atomic mass is 16.2. The van der Waals surface area contributed by atoms with Gasteiger partial charge in [-0.25, -0.2) is 0 Å². The summed E-state index contributed by atoms with van der Waals surface area (Å²) in [6, 6.07) is 24.9. The first-order valence-corrected chi connectivity index (χ1v) is 11.4. The molecule has 0 saturated heterocycles. The van der Waals surface area contributed by atoms with E-state index < -0.39 is 0 Å². The Balaban J connectivity index is 1.27. The predicted molar refractivity (Wildman–Crippen MR) is 128 cm³/mol. The van der Waals surface area contributed by atoms with Gasteiger partial charge in [-0.1, -0.05) is 78.7 Å². The largest absolute Gasteiger partial charge is 0.345 e. The molecule has 33 heavy (non-hydrogen) atoms. The SMILES string of the molecule is Cc1ccc(C(NC(=O)CCCCCN2C(=O)c3ccccc3C2=O)c2ccccc2)cc1. The highest BCUT2D eigenvalue weighted by molar-refractivity contribution is 6.21. The van der Waals surface area contributed by atoms with Gasteiger partial charge < -0.3 is 5.32 Å². The van der Waals surface area contributed by atoms with Crippen molar-refractivity contribution < 1.29 is 14.4 Å². The third kappa shape index (κ3) is 5.20. The Bertz CT molecular complexity index is 1100. The summed E-state index contributed by atoms with van der Waals surface area (Å²) in [7, 11) is 0. The predicted octanol–water partition coefficient (Wildman–Crippen LogP) is 5.06. The van der Waals surface area contributed by atoms with Crippen LogP contribution in [0, 0.1) is 6.92 Å². The van der Waals surface area contributed by atoms with Gasteiger partial charge in [-0.05, 0) is 43.0 Å². The maximum Gasteiger partial charge on any atom is 0.261 e. The number of rotatable bonds is 9. The third-order valence-electron chi connectivity index (χ3n) is 6.01. The Kier molecular flexibility index (Phi) is 6.98. The van der Waals surface area contributed by atoms with E-state index >= 15 is 0 Å². The number of carbonyl (C=O) groups is 3. The maximum absolute atomic E-state index is 12.7. The lowest BCUT2D eigenvalue weighted by atomic mass is 9.97. The Morgan fingerprint density at radius 3 is 1.97 bits per heavy atom. The Morgan fingerprint density at radius 2 is 1.33 bits per heavy atom. The number of benzene rings is 3. The van der Waals surface area contributed by atoms with Crippen LogP contribution < -0.4 is 5.32 Å². The number of hydrogen-bond donors (Lipinski definition) is 1. The van der Waals surface area contributed by atoms with Crippen LogP contribution in [0.4, 0.5) is 0 Å². The zero-order valence-electron chi connectivity index (χ0n) is 18.8. The number of nitrogens with zero attached hydrogens (tertiary/aromatic N) is 1. The molecule has 0 saturated carbocycles. The van der Waals surface area contributed by atoms with Gasteiger partial charge in [0, 0.05) is 13.0 Å². The summed E-state index contributed by atoms with van der Waals surface area (Å²) in [5.41, 5.74) is 4.22. The van der Waals surface area contributed by atoms with Gasteiger partial charge in [-0.15, -0.1) is 0 Å². The number of aryl methyl sites for hydroxylation is 1. The van der Waals surface area contributed by atoms with Crippen molar-refractivity contribution in [3.8, 4) is 0 Å². The van der Waals surface area contributed by atoms with E-state index in [1.807, 2.05) is 37.3 Å². The van der Waals surface area contributed by atoms with E-state index in [-0.39, 0.29) is 23.8 Å². The van der Waals surface area contributed by atoms with Crippen molar-refractivity contribution in [1.29, 1.82) is 0 Å². The molecule has 1 heterocycles. The first-order chi connectivity index (χ1) is 16.0. The molecule has 1 atom stereocenters. The number of hydrogen-bond acceptors (Lipinski definition) is 3. The number of unbranched alkanes of at least 4 members (excludes halogenated alkanes) is 2. The average molecular weight is 441 g/mol. The molecule has 1 aliphatic heterocycles. The lowest BCUT2D eigenvalue weighted by Gasteiger charge is -2.20. The molecule has 1 aliphatic rings. The van der Waals surface area contributed by atoms with E-state index in [0.29, 0.717) is 36.9 Å². The lowest BCUT2D eigenvalue weighted by molar-refractivity contribution is -0.121. The van der Waals surface area contributed by atoms with Crippen LogP contribution >= 0.6 is 0 Å². The zero-order valence-corrected chi connectivity index (χ0v) is 18.8. The highest BCUT2D eigenvalue weighted by Crippen LogP contribution is 2.24. The molecule has 0 bridgehead atoms. The number of nitrogens with one attached hydrogen (secondary N) is 1. The van der Waals surface area contributed by atoms with Crippen LogP contribution in [0.15, 0.2) is 78.9 Å². The molecular formula is C28H28N2O3. The van der Waals surface area contributed by atoms with Crippen LogP contribution in [0.3, 0.4) is 0 Å². The summed E-state index contributed by atoms with van der Waals surface area (Å²) in [6.45, 7) is 2.42. The first kappa shape index (κ1) is 22.5. The third-order valence-corrected chi connectivity index (χ3v) is 6.01. The monoisotopic (exact) mass is 440 g/mol. The van der Waals surface area contributed by atoms with Crippen molar-refractivity contribution in [2.24, 2.45) is 0 Å². The van der Waals surface area contributed by atoms with Crippen LogP contribution in [-0.4, -0.2) is 29.2 Å². The summed E-state index contributed by atoms with van der Waals surface area (Å²) in [5.74, 6) is -0.459. The van der Waals surface area contributed by atoms with Crippen molar-refractivity contribution in [3.63, 3.8) is 0 Å². The highest BCUT2D eigenvalue weighted by Gasteiger charge is 2.34. The Hall–Kier alpha value is -3.73. The lowest BCUT2D eigenvalue weighted by Crippen LogP contribution is -2.31. The fourth-order valence-electron chi connectivity index (χ4n) is 4.17. The Morgan fingerprint density at radius 1 is 0.758 bits per heavy atom. The molecule has 5 heteroatoms. The molecule has 1 unspecified atom stereocenters. The molecule has 4 rings (SSSR count). The van der Waals surface area contributed by atoms with Gasteiger partial charge in [0.15, 0.2) is 0 Å². The second kappa shape index (κ2) is 10.3. The molecule has 5 nitrogen and oxygen atoms in total. The van der Waals surface area contributed by atoms with Gasteiger partial charge in [-0.3, -0.25) is 19.3 Å². The minimum Gasteiger partial charge on any atom is -0.345 e. The summed E-state index contributed by atoms with van der Waals surface area (Å²) >= 11 is 0. The first-order valence-electron chi connectivity index (χ1n) is 11.4. The van der Waals surface area contributed by atoms with Crippen LogP contribution in [0.5, 0.6) is 0 Å². The van der Waals surface area contributed by atoms with Crippen LogP contribution in [0.25, 0.3) is 0 Å². The number of fused-ring (bicyclic) bond motifs is 1. The van der Waals surface area contributed by atoms with Crippen LogP contribution in [0.2, 0.25) is 0 Å². The van der Waals surface area contributed by atoms with Crippen LogP contribution in [0.1, 0.15) is 69.1 Å². The molecule has 0 radical (unpaired) electrons. The number of carbonyl (C=O) groups excluding carboxylic acids is 3. The quantitative estimate of drug-likeness (QED) is 0.374. The molecule has 0 fully saturated rings. The van der Waals surface area contributed by atoms with E-state index in [1.165, 1.54) is 10.5 Å². The molecular weight excluding hydrogens is 412 g/mol. The second-order valence-electron chi connectivity index (χ2n) is 8.44. The maximum atomic E-state index is 12.7. The number of amides is 3. The fraction of sp³-hybridized carbons (Fsp3) is 0.250. The molecule has 0 spiro atoms. The minimum absolute atomic E-state index is 0.00911. The van der Waals surface area contributed by atoms with Gasteiger partial charge in [0.1, 0.15) is 0 Å². The molecule has 168 valence electrons. The van der Waals surface area contributed by atoms with E-state index in [4.69, 9.17) is 0 Å². The van der Waals surface area contributed by atoms with Gasteiger partial charge >= 0.3 is 0 Å². The molecule has 0 aromatic heterocycles. The van der Waals surface area contributed by atoms with Crippen LogP contribution in [-0.2, 0) is 4.79 Å². The molecule has 3 aromatic rings. The van der Waals surface area contributed by atoms with Crippen molar-refractivity contribution >= 4 is 17.7 Å². The van der Waals surface area contributed by atoms with E-state index in [9.17, 15) is 14.4 Å². The molecule has 3 amide bonds. The summed E-state index contributed by atoms with van der Waals surface area (Å²) in [5, 5.41) is 3.17. The second-order valence-corrected chi connectivity index (χ2v) is 8.44. The van der Waals surface area contributed by atoms with E-state index in [0.717, 1.165) is 17.5 Å². The van der Waals surface area contributed by atoms with Crippen molar-refractivity contribution in [3.05, 3.63) is 107 Å². The molecule has 3 aromatic carbocycles.